The molecule has 0 radical (unpaired) electrons. The first-order valence-electron chi connectivity index (χ1n) is 7.96. The van der Waals surface area contributed by atoms with Crippen molar-refractivity contribution in [2.45, 2.75) is 44.9 Å². The number of hydrogen-bond donors (Lipinski definition) is 1. The third kappa shape index (κ3) is 1.69. The van der Waals surface area contributed by atoms with Crippen molar-refractivity contribution in [3.8, 4) is 0 Å². The van der Waals surface area contributed by atoms with Gasteiger partial charge in [-0.15, -0.1) is 11.3 Å². The Bertz CT molecular complexity index is 438. The minimum Gasteiger partial charge on any atom is -0.330 e. The fourth-order valence-corrected chi connectivity index (χ4v) is 7.08. The molecule has 2 N–H and O–H groups in total. The molecule has 1 nitrogen and oxygen atoms in total. The molecule has 1 heterocycles. The molecular weight excluding hydrogens is 250 g/mol. The van der Waals surface area contributed by atoms with Crippen LogP contribution in [0.3, 0.4) is 0 Å². The third-order valence-corrected chi connectivity index (χ3v) is 7.51. The highest BCUT2D eigenvalue weighted by Gasteiger charge is 2.59. The summed E-state index contributed by atoms with van der Waals surface area (Å²) in [5, 5.41) is 2.27. The third-order valence-electron chi connectivity index (χ3n) is 6.55. The number of nitrogens with two attached hydrogens (primary N) is 1. The van der Waals surface area contributed by atoms with Crippen LogP contribution in [0.1, 0.15) is 49.8 Å². The lowest BCUT2D eigenvalue weighted by molar-refractivity contribution is -0.102. The van der Waals surface area contributed by atoms with Gasteiger partial charge in [-0.1, -0.05) is 13.0 Å². The highest BCUT2D eigenvalue weighted by molar-refractivity contribution is 7.10. The monoisotopic (exact) mass is 275 g/mol. The first kappa shape index (κ1) is 12.4. The Balaban J connectivity index is 1.79. The number of thiophene rings is 1. The average Bonchev–Trinajstić information content (AvgIpc) is 2.90. The molecule has 1 aromatic heterocycles. The molecule has 5 rings (SSSR count). The molecule has 104 valence electrons. The highest BCUT2D eigenvalue weighted by atomic mass is 32.1. The molecule has 4 aliphatic rings. The molecule has 4 atom stereocenters. The lowest BCUT2D eigenvalue weighted by atomic mass is 9.42. The lowest BCUT2D eigenvalue weighted by Crippen LogP contribution is -2.55. The Morgan fingerprint density at radius 3 is 2.63 bits per heavy atom. The van der Waals surface area contributed by atoms with Gasteiger partial charge in [0.05, 0.1) is 0 Å². The van der Waals surface area contributed by atoms with Crippen molar-refractivity contribution >= 4 is 11.3 Å². The van der Waals surface area contributed by atoms with Gasteiger partial charge in [-0.3, -0.25) is 0 Å². The second-order valence-corrected chi connectivity index (χ2v) is 8.45. The van der Waals surface area contributed by atoms with E-state index in [4.69, 9.17) is 5.73 Å². The maximum Gasteiger partial charge on any atom is 0.00846 e. The van der Waals surface area contributed by atoms with Crippen LogP contribution in [0, 0.1) is 29.1 Å². The van der Waals surface area contributed by atoms with E-state index in [2.05, 4.69) is 24.4 Å². The van der Waals surface area contributed by atoms with E-state index in [-0.39, 0.29) is 0 Å². The molecule has 0 saturated heterocycles. The van der Waals surface area contributed by atoms with E-state index in [1.165, 1.54) is 32.1 Å². The van der Waals surface area contributed by atoms with Gasteiger partial charge in [0.15, 0.2) is 0 Å². The second kappa shape index (κ2) is 4.33. The van der Waals surface area contributed by atoms with Crippen molar-refractivity contribution in [3.63, 3.8) is 0 Å². The van der Waals surface area contributed by atoms with Crippen molar-refractivity contribution < 1.29 is 0 Å². The summed E-state index contributed by atoms with van der Waals surface area (Å²) in [5.74, 6) is 4.50. The Hall–Kier alpha value is -0.340. The normalized spacial score (nSPS) is 45.6. The fraction of sp³-hybridized carbons (Fsp3) is 0.765. The molecule has 0 amide bonds. The maximum absolute atomic E-state index is 6.11. The Morgan fingerprint density at radius 2 is 2.05 bits per heavy atom. The lowest BCUT2D eigenvalue weighted by Gasteiger charge is -2.63. The molecular formula is C17H25NS. The molecule has 1 aromatic rings. The van der Waals surface area contributed by atoms with Crippen LogP contribution < -0.4 is 5.73 Å². The first-order chi connectivity index (χ1) is 9.23. The van der Waals surface area contributed by atoms with Crippen LogP contribution in [-0.2, 0) is 0 Å². The predicted molar refractivity (Wildman–Crippen MR) is 81.3 cm³/mol. The minimum atomic E-state index is 0.536. The van der Waals surface area contributed by atoms with E-state index in [1.807, 2.05) is 11.3 Å². The van der Waals surface area contributed by atoms with Gasteiger partial charge in [-0.25, -0.2) is 0 Å². The first-order valence-corrected chi connectivity index (χ1v) is 8.84. The van der Waals surface area contributed by atoms with Crippen LogP contribution in [0.15, 0.2) is 17.5 Å². The van der Waals surface area contributed by atoms with E-state index < -0.39 is 0 Å². The van der Waals surface area contributed by atoms with Gasteiger partial charge in [0.25, 0.3) is 0 Å². The van der Waals surface area contributed by atoms with Crippen molar-refractivity contribution in [1.29, 1.82) is 0 Å². The van der Waals surface area contributed by atoms with Crippen LogP contribution in [-0.4, -0.2) is 6.54 Å². The Labute approximate surface area is 120 Å². The van der Waals surface area contributed by atoms with Crippen molar-refractivity contribution in [2.24, 2.45) is 34.8 Å². The van der Waals surface area contributed by atoms with Gasteiger partial charge in [0.2, 0.25) is 0 Å². The Morgan fingerprint density at radius 1 is 1.32 bits per heavy atom. The number of hydrogen-bond acceptors (Lipinski definition) is 2. The number of rotatable bonds is 3. The summed E-state index contributed by atoms with van der Waals surface area (Å²) in [7, 11) is 0. The van der Waals surface area contributed by atoms with Gasteiger partial charge < -0.3 is 5.73 Å². The molecule has 4 bridgehead atoms. The molecule has 4 unspecified atom stereocenters. The molecule has 0 aliphatic heterocycles. The summed E-state index contributed by atoms with van der Waals surface area (Å²) >= 11 is 1.99. The molecule has 19 heavy (non-hydrogen) atoms. The van der Waals surface area contributed by atoms with Crippen molar-refractivity contribution in [1.82, 2.24) is 0 Å². The van der Waals surface area contributed by atoms with Gasteiger partial charge in [-0.2, -0.15) is 0 Å². The molecule has 0 spiro atoms. The summed E-state index contributed by atoms with van der Waals surface area (Å²) < 4.78 is 0. The summed E-state index contributed by atoms with van der Waals surface area (Å²) in [6.07, 6.45) is 7.44. The summed E-state index contributed by atoms with van der Waals surface area (Å²) in [6, 6.07) is 4.63. The smallest absolute Gasteiger partial charge is 0.00846 e. The summed E-state index contributed by atoms with van der Waals surface area (Å²) in [6.45, 7) is 3.29. The molecule has 4 fully saturated rings. The standard InChI is InChI=1S/C17H25NS/c1-11(10-18)17-8-12-5-13(9-17)7-14(6-12)16(17)15-3-2-4-19-15/h2-4,11-14,16H,5-10,18H2,1H3. The maximum atomic E-state index is 6.11. The SMILES string of the molecule is CC(CN)C12CC3CC(CC(C3)C1c1cccs1)C2. The minimum absolute atomic E-state index is 0.536. The summed E-state index contributed by atoms with van der Waals surface area (Å²) in [4.78, 5) is 1.66. The van der Waals surface area contributed by atoms with Gasteiger partial charge in [0, 0.05) is 10.8 Å². The topological polar surface area (TPSA) is 26.0 Å². The zero-order valence-corrected chi connectivity index (χ0v) is 12.7. The van der Waals surface area contributed by atoms with E-state index in [1.54, 1.807) is 4.88 Å². The van der Waals surface area contributed by atoms with Crippen LogP contribution in [0.25, 0.3) is 0 Å². The van der Waals surface area contributed by atoms with E-state index in [0.29, 0.717) is 11.3 Å². The van der Waals surface area contributed by atoms with Crippen molar-refractivity contribution in [2.75, 3.05) is 6.54 Å². The predicted octanol–water partition coefficient (Wildman–Crippen LogP) is 4.25. The largest absolute Gasteiger partial charge is 0.330 e. The van der Waals surface area contributed by atoms with E-state index in [9.17, 15) is 0 Å². The quantitative estimate of drug-likeness (QED) is 0.876. The Kier molecular flexibility index (Phi) is 2.82. The van der Waals surface area contributed by atoms with Gasteiger partial charge in [-0.05, 0) is 79.2 Å². The molecule has 2 heteroatoms. The van der Waals surface area contributed by atoms with Crippen LogP contribution >= 0.6 is 11.3 Å². The van der Waals surface area contributed by atoms with Gasteiger partial charge in [0.1, 0.15) is 0 Å². The van der Waals surface area contributed by atoms with E-state index in [0.717, 1.165) is 30.2 Å². The molecule has 4 saturated carbocycles. The van der Waals surface area contributed by atoms with Crippen LogP contribution in [0.4, 0.5) is 0 Å². The van der Waals surface area contributed by atoms with Gasteiger partial charge >= 0.3 is 0 Å². The second-order valence-electron chi connectivity index (χ2n) is 7.47. The molecule has 0 aromatic carbocycles. The zero-order valence-electron chi connectivity index (χ0n) is 11.8. The average molecular weight is 275 g/mol. The highest BCUT2D eigenvalue weighted by Crippen LogP contribution is 2.68. The molecule has 4 aliphatic carbocycles. The fourth-order valence-electron chi connectivity index (χ4n) is 6.03. The summed E-state index contributed by atoms with van der Waals surface area (Å²) in [5.41, 5.74) is 6.65. The van der Waals surface area contributed by atoms with E-state index >= 15 is 0 Å². The van der Waals surface area contributed by atoms with Crippen LogP contribution in [0.5, 0.6) is 0 Å². The van der Waals surface area contributed by atoms with Crippen molar-refractivity contribution in [3.05, 3.63) is 22.4 Å². The zero-order chi connectivity index (χ0) is 13.0. The van der Waals surface area contributed by atoms with Crippen LogP contribution in [0.2, 0.25) is 0 Å².